The van der Waals surface area contributed by atoms with E-state index in [-0.39, 0.29) is 10.4 Å². The Kier molecular flexibility index (Phi) is 4.08. The first-order chi connectivity index (χ1) is 10.1. The Bertz CT molecular complexity index is 721. The van der Waals surface area contributed by atoms with Crippen molar-refractivity contribution >= 4 is 31.6 Å². The molecule has 0 spiro atoms. The van der Waals surface area contributed by atoms with E-state index >= 15 is 0 Å². The average molecular weight is 324 g/mol. The summed E-state index contributed by atoms with van der Waals surface area (Å²) in [4.78, 5) is 4.28. The fraction of sp³-hybridized carbons (Fsp3) is 0.357. The molecule has 1 aliphatic heterocycles. The average Bonchev–Trinajstić information content (AvgIpc) is 2.93. The molecule has 0 radical (unpaired) electrons. The van der Waals surface area contributed by atoms with Crippen LogP contribution >= 0.6 is 11.3 Å². The maximum Gasteiger partial charge on any atom is 0.270 e. The van der Waals surface area contributed by atoms with Gasteiger partial charge in [-0.2, -0.15) is 4.31 Å². The molecule has 21 heavy (non-hydrogen) atoms. The molecule has 0 saturated carbocycles. The zero-order valence-electron chi connectivity index (χ0n) is 11.4. The molecule has 1 atom stereocenters. The van der Waals surface area contributed by atoms with Crippen molar-refractivity contribution < 1.29 is 13.2 Å². The van der Waals surface area contributed by atoms with Gasteiger partial charge in [-0.25, -0.2) is 13.4 Å². The molecule has 0 amide bonds. The van der Waals surface area contributed by atoms with Crippen molar-refractivity contribution in [1.29, 1.82) is 0 Å². The van der Waals surface area contributed by atoms with Gasteiger partial charge in [0, 0.05) is 6.54 Å². The molecule has 1 aromatic carbocycles. The fourth-order valence-electron chi connectivity index (χ4n) is 2.40. The van der Waals surface area contributed by atoms with Crippen LogP contribution in [0, 0.1) is 0 Å². The molecule has 5 nitrogen and oxygen atoms in total. The lowest BCUT2D eigenvalue weighted by Crippen LogP contribution is -2.48. The number of para-hydroxylation sites is 1. The van der Waals surface area contributed by atoms with Crippen LogP contribution in [0.5, 0.6) is 0 Å². The Hall–Kier alpha value is -1.28. The van der Waals surface area contributed by atoms with Gasteiger partial charge in [0.05, 0.1) is 29.5 Å². The van der Waals surface area contributed by atoms with E-state index < -0.39 is 10.0 Å². The van der Waals surface area contributed by atoms with E-state index in [0.29, 0.717) is 26.2 Å². The molecule has 1 aromatic heterocycles. The maximum atomic E-state index is 12.8. The van der Waals surface area contributed by atoms with Crippen LogP contribution in [0.2, 0.25) is 0 Å². The summed E-state index contributed by atoms with van der Waals surface area (Å²) in [7, 11) is -3.58. The van der Waals surface area contributed by atoms with Crippen LogP contribution in [0.25, 0.3) is 10.2 Å². The summed E-state index contributed by atoms with van der Waals surface area (Å²) in [6, 6.07) is 7.24. The number of nitrogens with zero attached hydrogens (tertiary/aromatic N) is 2. The molecule has 0 bridgehead atoms. The van der Waals surface area contributed by atoms with E-state index in [2.05, 4.69) is 11.6 Å². The third-order valence-electron chi connectivity index (χ3n) is 3.42. The minimum Gasteiger partial charge on any atom is -0.378 e. The van der Waals surface area contributed by atoms with Gasteiger partial charge in [0.25, 0.3) is 10.0 Å². The lowest BCUT2D eigenvalue weighted by Gasteiger charge is -2.33. The largest absolute Gasteiger partial charge is 0.378 e. The van der Waals surface area contributed by atoms with Crippen LogP contribution in [0.4, 0.5) is 0 Å². The van der Waals surface area contributed by atoms with Crippen LogP contribution in [0.3, 0.4) is 0 Å². The van der Waals surface area contributed by atoms with Crippen molar-refractivity contribution in [2.24, 2.45) is 0 Å². The predicted molar refractivity (Wildman–Crippen MR) is 82.9 cm³/mol. The van der Waals surface area contributed by atoms with Gasteiger partial charge in [0.15, 0.2) is 0 Å². The highest BCUT2D eigenvalue weighted by Crippen LogP contribution is 2.29. The predicted octanol–water partition coefficient (Wildman–Crippen LogP) is 2.26. The van der Waals surface area contributed by atoms with Gasteiger partial charge in [-0.05, 0) is 18.6 Å². The highest BCUT2D eigenvalue weighted by molar-refractivity contribution is 7.91. The van der Waals surface area contributed by atoms with Gasteiger partial charge in [-0.3, -0.25) is 0 Å². The third kappa shape index (κ3) is 2.74. The maximum absolute atomic E-state index is 12.8. The smallest absolute Gasteiger partial charge is 0.270 e. The Balaban J connectivity index is 1.99. The number of thiazole rings is 1. The first-order valence-electron chi connectivity index (χ1n) is 6.69. The van der Waals surface area contributed by atoms with Crippen LogP contribution in [0.15, 0.2) is 41.3 Å². The summed E-state index contributed by atoms with van der Waals surface area (Å²) >= 11 is 1.21. The SMILES string of the molecule is C=CC[C@H]1COCCN1S(=O)(=O)c1nc2ccccc2s1. The molecule has 3 rings (SSSR count). The standard InChI is InChI=1S/C14H16N2O3S2/c1-2-5-11-10-19-9-8-16(11)21(17,18)14-15-12-6-3-4-7-13(12)20-14/h2-4,6-7,11H,1,5,8-10H2/t11-/m0/s1. The van der Waals surface area contributed by atoms with Crippen LogP contribution in [-0.4, -0.2) is 43.5 Å². The second kappa shape index (κ2) is 5.84. The quantitative estimate of drug-likeness (QED) is 0.810. The molecule has 1 aliphatic rings. The van der Waals surface area contributed by atoms with Crippen LogP contribution in [-0.2, 0) is 14.8 Å². The zero-order valence-corrected chi connectivity index (χ0v) is 13.1. The summed E-state index contributed by atoms with van der Waals surface area (Å²) in [6.07, 6.45) is 2.30. The molecule has 1 saturated heterocycles. The molecule has 0 aliphatic carbocycles. The molecule has 2 aromatic rings. The molecule has 1 fully saturated rings. The second-order valence-corrected chi connectivity index (χ2v) is 7.91. The van der Waals surface area contributed by atoms with E-state index in [9.17, 15) is 8.42 Å². The Morgan fingerprint density at radius 1 is 1.48 bits per heavy atom. The number of morpholine rings is 1. The molecular formula is C14H16N2O3S2. The van der Waals surface area contributed by atoms with Gasteiger partial charge in [0.2, 0.25) is 4.34 Å². The molecule has 0 unspecified atom stereocenters. The Morgan fingerprint density at radius 3 is 3.05 bits per heavy atom. The third-order valence-corrected chi connectivity index (χ3v) is 6.76. The number of aromatic nitrogens is 1. The number of sulfonamides is 1. The van der Waals surface area contributed by atoms with Crippen LogP contribution in [0.1, 0.15) is 6.42 Å². The van der Waals surface area contributed by atoms with Crippen molar-refractivity contribution in [3.05, 3.63) is 36.9 Å². The Labute approximate surface area is 127 Å². The molecule has 7 heteroatoms. The summed E-state index contributed by atoms with van der Waals surface area (Å²) in [5.74, 6) is 0. The van der Waals surface area contributed by atoms with Crippen molar-refractivity contribution in [1.82, 2.24) is 9.29 Å². The lowest BCUT2D eigenvalue weighted by atomic mass is 10.2. The molecule has 0 N–H and O–H groups in total. The van der Waals surface area contributed by atoms with Gasteiger partial charge >= 0.3 is 0 Å². The minimum absolute atomic E-state index is 0.152. The molecule has 2 heterocycles. The monoisotopic (exact) mass is 324 g/mol. The van der Waals surface area contributed by atoms with Crippen LogP contribution < -0.4 is 0 Å². The number of hydrogen-bond donors (Lipinski definition) is 0. The van der Waals surface area contributed by atoms with Crippen molar-refractivity contribution in [3.8, 4) is 0 Å². The van der Waals surface area contributed by atoms with Gasteiger partial charge in [0.1, 0.15) is 0 Å². The number of benzene rings is 1. The number of rotatable bonds is 4. The van der Waals surface area contributed by atoms with E-state index in [1.54, 1.807) is 6.08 Å². The number of hydrogen-bond acceptors (Lipinski definition) is 5. The highest BCUT2D eigenvalue weighted by atomic mass is 32.2. The van der Waals surface area contributed by atoms with E-state index in [4.69, 9.17) is 4.74 Å². The van der Waals surface area contributed by atoms with Gasteiger partial charge < -0.3 is 4.74 Å². The van der Waals surface area contributed by atoms with Crippen molar-refractivity contribution in [2.45, 2.75) is 16.8 Å². The fourth-order valence-corrected chi connectivity index (χ4v) is 5.34. The van der Waals surface area contributed by atoms with E-state index in [1.165, 1.54) is 15.6 Å². The highest BCUT2D eigenvalue weighted by Gasteiger charge is 2.35. The van der Waals surface area contributed by atoms with Gasteiger partial charge in [-0.15, -0.1) is 17.9 Å². The van der Waals surface area contributed by atoms with Gasteiger partial charge in [-0.1, -0.05) is 18.2 Å². The topological polar surface area (TPSA) is 59.5 Å². The number of fused-ring (bicyclic) bond motifs is 1. The summed E-state index contributed by atoms with van der Waals surface area (Å²) in [5.41, 5.74) is 0.717. The second-order valence-electron chi connectivity index (χ2n) is 4.82. The van der Waals surface area contributed by atoms with E-state index in [1.807, 2.05) is 24.3 Å². The normalized spacial score (nSPS) is 20.7. The Morgan fingerprint density at radius 2 is 2.29 bits per heavy atom. The summed E-state index contributed by atoms with van der Waals surface area (Å²) in [6.45, 7) is 4.86. The zero-order chi connectivity index (χ0) is 14.9. The first-order valence-corrected chi connectivity index (χ1v) is 8.94. The number of ether oxygens (including phenoxy) is 1. The molecular weight excluding hydrogens is 308 g/mol. The van der Waals surface area contributed by atoms with Crippen molar-refractivity contribution in [3.63, 3.8) is 0 Å². The minimum atomic E-state index is -3.58. The summed E-state index contributed by atoms with van der Waals surface area (Å²) < 4.78 is 33.6. The lowest BCUT2D eigenvalue weighted by molar-refractivity contribution is 0.0338. The molecule has 112 valence electrons. The van der Waals surface area contributed by atoms with Crippen molar-refractivity contribution in [2.75, 3.05) is 19.8 Å². The summed E-state index contributed by atoms with van der Waals surface area (Å²) in [5, 5.41) is 0. The van der Waals surface area contributed by atoms with E-state index in [0.717, 1.165) is 10.2 Å². The first kappa shape index (κ1) is 14.6.